The highest BCUT2D eigenvalue weighted by Crippen LogP contribution is 2.27. The van der Waals surface area contributed by atoms with E-state index in [0.29, 0.717) is 5.46 Å². The van der Waals surface area contributed by atoms with Gasteiger partial charge in [-0.3, -0.25) is 0 Å². The van der Waals surface area contributed by atoms with Gasteiger partial charge >= 0.3 is 6.18 Å². The molecule has 5 heteroatoms. The number of alkyl halides is 3. The second-order valence-corrected chi connectivity index (χ2v) is 2.40. The predicted molar refractivity (Wildman–Crippen MR) is 42.4 cm³/mol. The van der Waals surface area contributed by atoms with Crippen molar-refractivity contribution in [1.82, 2.24) is 0 Å². The third kappa shape index (κ3) is 2.01. The molecule has 1 aromatic rings. The van der Waals surface area contributed by atoms with E-state index in [4.69, 9.17) is 5.64 Å². The minimum atomic E-state index is -4.26. The van der Waals surface area contributed by atoms with Gasteiger partial charge in [0.15, 0.2) is 0 Å². The lowest BCUT2D eigenvalue weighted by atomic mass is 9.84. The average molecular weight is 173 g/mol. The second kappa shape index (κ2) is 3.19. The maximum absolute atomic E-state index is 12.0. The summed E-state index contributed by atoms with van der Waals surface area (Å²) in [5, 5.41) is 0. The summed E-state index contributed by atoms with van der Waals surface area (Å²) in [5.74, 6) is 0. The molecule has 0 heterocycles. The molecule has 1 aromatic carbocycles. The molecule has 0 aliphatic carbocycles. The van der Waals surface area contributed by atoms with Gasteiger partial charge in [-0.05, 0) is 0 Å². The SMILES string of the molecule is NBc1ccc(C(F)(F)F)cc1. The molecule has 0 amide bonds. The summed E-state index contributed by atoms with van der Waals surface area (Å²) in [7, 11) is 0.262. The van der Waals surface area contributed by atoms with E-state index in [0.717, 1.165) is 12.1 Å². The Morgan fingerprint density at radius 2 is 1.58 bits per heavy atom. The minimum absolute atomic E-state index is 0.262. The van der Waals surface area contributed by atoms with E-state index in [1.165, 1.54) is 12.1 Å². The highest BCUT2D eigenvalue weighted by molar-refractivity contribution is 6.49. The van der Waals surface area contributed by atoms with Gasteiger partial charge in [-0.1, -0.05) is 29.7 Å². The van der Waals surface area contributed by atoms with Crippen LogP contribution in [0.15, 0.2) is 24.3 Å². The smallest absolute Gasteiger partial charge is 0.369 e. The molecule has 0 aromatic heterocycles. The largest absolute Gasteiger partial charge is 0.416 e. The summed E-state index contributed by atoms with van der Waals surface area (Å²) >= 11 is 0. The molecule has 0 atom stereocenters. The Kier molecular flexibility index (Phi) is 2.42. The fraction of sp³-hybridized carbons (Fsp3) is 0.143. The van der Waals surface area contributed by atoms with Gasteiger partial charge in [0, 0.05) is 0 Å². The molecule has 0 radical (unpaired) electrons. The Balaban J connectivity index is 2.93. The first-order valence-electron chi connectivity index (χ1n) is 3.40. The third-order valence-electron chi connectivity index (χ3n) is 1.52. The molecule has 0 saturated carbocycles. The molecule has 12 heavy (non-hydrogen) atoms. The topological polar surface area (TPSA) is 26.0 Å². The first-order chi connectivity index (χ1) is 5.54. The number of hydrogen-bond acceptors (Lipinski definition) is 1. The van der Waals surface area contributed by atoms with Crippen LogP contribution < -0.4 is 11.1 Å². The quantitative estimate of drug-likeness (QED) is 0.619. The standard InChI is InChI=1S/C7H7BF3N/c9-7(10,11)5-1-3-6(8-12)4-2-5/h1-4,8H,12H2. The zero-order valence-corrected chi connectivity index (χ0v) is 6.23. The molecule has 64 valence electrons. The van der Waals surface area contributed by atoms with E-state index in [1.807, 2.05) is 0 Å². The van der Waals surface area contributed by atoms with E-state index < -0.39 is 11.7 Å². The summed E-state index contributed by atoms with van der Waals surface area (Å²) in [6.45, 7) is 0. The van der Waals surface area contributed by atoms with Gasteiger partial charge in [-0.2, -0.15) is 13.2 Å². The van der Waals surface area contributed by atoms with Crippen LogP contribution in [0.5, 0.6) is 0 Å². The molecular formula is C7H7BF3N. The van der Waals surface area contributed by atoms with Gasteiger partial charge in [-0.15, -0.1) is 0 Å². The molecule has 0 bridgehead atoms. The summed E-state index contributed by atoms with van der Waals surface area (Å²) in [4.78, 5) is 0. The monoisotopic (exact) mass is 173 g/mol. The van der Waals surface area contributed by atoms with Crippen molar-refractivity contribution >= 4 is 12.9 Å². The Bertz CT molecular complexity index is 254. The molecule has 1 nitrogen and oxygen atoms in total. The van der Waals surface area contributed by atoms with E-state index in [9.17, 15) is 13.2 Å². The molecule has 2 N–H and O–H groups in total. The van der Waals surface area contributed by atoms with Crippen LogP contribution in [0.2, 0.25) is 0 Å². The molecule has 1 rings (SSSR count). The fourth-order valence-electron chi connectivity index (χ4n) is 0.830. The number of rotatable bonds is 1. The van der Waals surface area contributed by atoms with Crippen molar-refractivity contribution in [3.05, 3.63) is 29.8 Å². The summed E-state index contributed by atoms with van der Waals surface area (Å²) < 4.78 is 36.0. The minimum Gasteiger partial charge on any atom is -0.369 e. The van der Waals surface area contributed by atoms with Crippen LogP contribution in [0.1, 0.15) is 5.56 Å². The highest BCUT2D eigenvalue weighted by atomic mass is 19.4. The zero-order chi connectivity index (χ0) is 9.19. The Morgan fingerprint density at radius 3 is 1.92 bits per heavy atom. The lowest BCUT2D eigenvalue weighted by Gasteiger charge is -2.05. The van der Waals surface area contributed by atoms with Crippen molar-refractivity contribution in [2.45, 2.75) is 6.18 Å². The van der Waals surface area contributed by atoms with Crippen LogP contribution in [-0.4, -0.2) is 7.41 Å². The third-order valence-corrected chi connectivity index (χ3v) is 1.52. The van der Waals surface area contributed by atoms with Crippen LogP contribution in [0.3, 0.4) is 0 Å². The van der Waals surface area contributed by atoms with E-state index in [1.54, 1.807) is 0 Å². The Morgan fingerprint density at radius 1 is 1.08 bits per heavy atom. The van der Waals surface area contributed by atoms with Crippen LogP contribution in [0, 0.1) is 0 Å². The van der Waals surface area contributed by atoms with Gasteiger partial charge in [0.05, 0.1) is 5.56 Å². The normalized spacial score (nSPS) is 11.3. The lowest BCUT2D eigenvalue weighted by molar-refractivity contribution is -0.137. The maximum atomic E-state index is 12.0. The predicted octanol–water partition coefficient (Wildman–Crippen LogP) is 0.641. The zero-order valence-electron chi connectivity index (χ0n) is 6.23. The summed E-state index contributed by atoms with van der Waals surface area (Å²) in [6.07, 6.45) is -4.26. The molecular weight excluding hydrogens is 166 g/mol. The Hall–Kier alpha value is -0.965. The van der Waals surface area contributed by atoms with Gasteiger partial charge in [-0.25, -0.2) is 0 Å². The van der Waals surface area contributed by atoms with Crippen molar-refractivity contribution in [2.75, 3.05) is 0 Å². The first kappa shape index (κ1) is 9.13. The number of benzene rings is 1. The van der Waals surface area contributed by atoms with Gasteiger partial charge in [0.25, 0.3) is 0 Å². The lowest BCUT2D eigenvalue weighted by Crippen LogP contribution is -2.23. The molecule has 0 aliphatic heterocycles. The average Bonchev–Trinajstić information content (AvgIpc) is 2.03. The second-order valence-electron chi connectivity index (χ2n) is 2.40. The first-order valence-corrected chi connectivity index (χ1v) is 3.40. The fourth-order valence-corrected chi connectivity index (χ4v) is 0.830. The van der Waals surface area contributed by atoms with Crippen molar-refractivity contribution in [2.24, 2.45) is 5.64 Å². The Labute approximate surface area is 68.6 Å². The van der Waals surface area contributed by atoms with Crippen LogP contribution in [0.4, 0.5) is 13.2 Å². The van der Waals surface area contributed by atoms with Crippen molar-refractivity contribution in [1.29, 1.82) is 0 Å². The van der Waals surface area contributed by atoms with Crippen LogP contribution in [0.25, 0.3) is 0 Å². The van der Waals surface area contributed by atoms with E-state index in [2.05, 4.69) is 0 Å². The number of nitrogens with two attached hydrogens (primary N) is 1. The molecule has 0 fully saturated rings. The van der Waals surface area contributed by atoms with Crippen LogP contribution >= 0.6 is 0 Å². The molecule has 0 spiro atoms. The van der Waals surface area contributed by atoms with E-state index >= 15 is 0 Å². The van der Waals surface area contributed by atoms with E-state index in [-0.39, 0.29) is 7.41 Å². The van der Waals surface area contributed by atoms with Gasteiger partial charge < -0.3 is 5.64 Å². The van der Waals surface area contributed by atoms with Crippen molar-refractivity contribution in [3.8, 4) is 0 Å². The van der Waals surface area contributed by atoms with Gasteiger partial charge in [0.2, 0.25) is 7.41 Å². The van der Waals surface area contributed by atoms with Crippen molar-refractivity contribution in [3.63, 3.8) is 0 Å². The van der Waals surface area contributed by atoms with Gasteiger partial charge in [0.1, 0.15) is 0 Å². The number of halogens is 3. The van der Waals surface area contributed by atoms with Crippen molar-refractivity contribution < 1.29 is 13.2 Å². The molecule has 0 saturated heterocycles. The molecule has 0 unspecified atom stereocenters. The summed E-state index contributed by atoms with van der Waals surface area (Å²) in [6, 6.07) is 4.82. The highest BCUT2D eigenvalue weighted by Gasteiger charge is 2.29. The molecule has 0 aliphatic rings. The van der Waals surface area contributed by atoms with Crippen LogP contribution in [-0.2, 0) is 6.18 Å². The number of hydrogen-bond donors (Lipinski definition) is 1. The summed E-state index contributed by atoms with van der Waals surface area (Å²) in [5.41, 5.74) is 5.29. The maximum Gasteiger partial charge on any atom is 0.416 e.